The van der Waals surface area contributed by atoms with E-state index in [0.29, 0.717) is 11.8 Å². The molecule has 0 atom stereocenters. The molecule has 0 spiro atoms. The number of anilines is 2. The second-order valence-corrected chi connectivity index (χ2v) is 7.18. The van der Waals surface area contributed by atoms with Crippen LogP contribution in [0.3, 0.4) is 0 Å². The van der Waals surface area contributed by atoms with Crippen LogP contribution < -0.4 is 10.2 Å². The van der Waals surface area contributed by atoms with Crippen molar-refractivity contribution in [2.45, 2.75) is 13.0 Å². The highest BCUT2D eigenvalue weighted by Crippen LogP contribution is 2.18. The highest BCUT2D eigenvalue weighted by atomic mass is 19.1. The van der Waals surface area contributed by atoms with E-state index in [4.69, 9.17) is 4.42 Å². The van der Waals surface area contributed by atoms with Gasteiger partial charge in [0, 0.05) is 32.2 Å². The minimum Gasteiger partial charge on any atom is -0.468 e. The van der Waals surface area contributed by atoms with Crippen molar-refractivity contribution >= 4 is 17.4 Å². The van der Waals surface area contributed by atoms with Crippen LogP contribution in [0.25, 0.3) is 0 Å². The average Bonchev–Trinajstić information content (AvgIpc) is 3.13. The maximum Gasteiger partial charge on any atom is 0.258 e. The summed E-state index contributed by atoms with van der Waals surface area (Å²) in [6.07, 6.45) is 4.24. The number of nitrogens with zero attached hydrogens (tertiary/aromatic N) is 3. The Balaban J connectivity index is 1.35. The monoisotopic (exact) mass is 412 g/mol. The van der Waals surface area contributed by atoms with Crippen molar-refractivity contribution in [2.24, 2.45) is 0 Å². The minimum absolute atomic E-state index is 0.218. The van der Waals surface area contributed by atoms with E-state index in [1.165, 1.54) is 0 Å². The molecule has 1 aliphatic heterocycles. The topological polar surface area (TPSA) is 61.6 Å². The highest BCUT2D eigenvalue weighted by Gasteiger charge is 2.17. The quantitative estimate of drug-likeness (QED) is 0.688. The summed E-state index contributed by atoms with van der Waals surface area (Å²) in [6.45, 7) is 4.38. The van der Waals surface area contributed by atoms with Gasteiger partial charge in [-0.1, -0.05) is 0 Å². The van der Waals surface area contributed by atoms with Crippen LogP contribution in [0.5, 0.6) is 0 Å². The number of pyridine rings is 1. The molecule has 1 saturated heterocycles. The first-order chi connectivity index (χ1) is 14.6. The van der Waals surface area contributed by atoms with Gasteiger partial charge in [0.15, 0.2) is 0 Å². The van der Waals surface area contributed by atoms with Gasteiger partial charge in [0.25, 0.3) is 5.91 Å². The third-order valence-electron chi connectivity index (χ3n) is 5.05. The van der Waals surface area contributed by atoms with E-state index in [-0.39, 0.29) is 5.56 Å². The zero-order valence-corrected chi connectivity index (χ0v) is 16.4. The number of benzene rings is 1. The second-order valence-electron chi connectivity index (χ2n) is 7.18. The number of halogens is 2. The van der Waals surface area contributed by atoms with Crippen molar-refractivity contribution in [3.8, 4) is 0 Å². The number of hydrogen-bond acceptors (Lipinski definition) is 5. The van der Waals surface area contributed by atoms with Crippen molar-refractivity contribution in [1.82, 2.24) is 9.88 Å². The molecule has 1 fully saturated rings. The summed E-state index contributed by atoms with van der Waals surface area (Å²) in [7, 11) is 0. The smallest absolute Gasteiger partial charge is 0.258 e. The van der Waals surface area contributed by atoms with Gasteiger partial charge in [-0.15, -0.1) is 0 Å². The van der Waals surface area contributed by atoms with Crippen LogP contribution in [0, 0.1) is 11.6 Å². The lowest BCUT2D eigenvalue weighted by atomic mass is 10.2. The predicted molar refractivity (Wildman–Crippen MR) is 109 cm³/mol. The zero-order chi connectivity index (χ0) is 20.9. The molecule has 0 saturated carbocycles. The van der Waals surface area contributed by atoms with E-state index >= 15 is 0 Å². The Kier molecular flexibility index (Phi) is 6.04. The third-order valence-corrected chi connectivity index (χ3v) is 5.05. The van der Waals surface area contributed by atoms with Crippen molar-refractivity contribution < 1.29 is 18.0 Å². The van der Waals surface area contributed by atoms with Gasteiger partial charge in [-0.3, -0.25) is 9.69 Å². The van der Waals surface area contributed by atoms with Crippen LogP contribution in [0.15, 0.2) is 59.3 Å². The Hall–Kier alpha value is -3.26. The molecular formula is C22H22F2N4O2. The largest absolute Gasteiger partial charge is 0.468 e. The molecule has 156 valence electrons. The molecular weight excluding hydrogens is 390 g/mol. The molecule has 8 heteroatoms. The molecule has 2 aromatic heterocycles. The van der Waals surface area contributed by atoms with Gasteiger partial charge in [-0.2, -0.15) is 0 Å². The molecule has 1 aromatic carbocycles. The minimum atomic E-state index is -0.902. The second kappa shape index (κ2) is 9.04. The number of rotatable bonds is 5. The molecule has 1 aliphatic rings. The van der Waals surface area contributed by atoms with Crippen LogP contribution in [-0.2, 0) is 6.54 Å². The highest BCUT2D eigenvalue weighted by molar-refractivity contribution is 6.04. The van der Waals surface area contributed by atoms with Gasteiger partial charge < -0.3 is 14.6 Å². The van der Waals surface area contributed by atoms with E-state index in [0.717, 1.165) is 62.9 Å². The van der Waals surface area contributed by atoms with Crippen molar-refractivity contribution in [1.29, 1.82) is 0 Å². The third kappa shape index (κ3) is 4.83. The lowest BCUT2D eigenvalue weighted by Gasteiger charge is -2.22. The number of hydrogen-bond donors (Lipinski definition) is 1. The molecule has 1 N–H and O–H groups in total. The standard InChI is InChI=1S/C22H22F2N4O2/c23-16-4-6-19(20(24)13-16)22(29)26-17-5-7-21(25-14-17)28-9-2-8-27(10-11-28)15-18-3-1-12-30-18/h1,3-7,12-14H,2,8-11,15H2,(H,26,29). The first kappa shape index (κ1) is 20.0. The molecule has 1 amide bonds. The lowest BCUT2D eigenvalue weighted by Crippen LogP contribution is -2.30. The molecule has 0 bridgehead atoms. The Morgan fingerprint density at radius 1 is 1.10 bits per heavy atom. The molecule has 30 heavy (non-hydrogen) atoms. The number of furan rings is 1. The summed E-state index contributed by atoms with van der Waals surface area (Å²) in [5.74, 6) is -0.499. The van der Waals surface area contributed by atoms with Gasteiger partial charge >= 0.3 is 0 Å². The summed E-state index contributed by atoms with van der Waals surface area (Å²) < 4.78 is 32.2. The number of aromatic nitrogens is 1. The van der Waals surface area contributed by atoms with Gasteiger partial charge in [-0.05, 0) is 42.8 Å². The van der Waals surface area contributed by atoms with Crippen molar-refractivity contribution in [3.63, 3.8) is 0 Å². The summed E-state index contributed by atoms with van der Waals surface area (Å²) >= 11 is 0. The average molecular weight is 412 g/mol. The van der Waals surface area contributed by atoms with E-state index in [1.807, 2.05) is 18.2 Å². The number of nitrogens with one attached hydrogen (secondary N) is 1. The molecule has 0 radical (unpaired) electrons. The Morgan fingerprint density at radius 2 is 2.00 bits per heavy atom. The molecule has 3 aromatic rings. The molecule has 4 rings (SSSR count). The number of amides is 1. The van der Waals surface area contributed by atoms with Crippen LogP contribution in [0.4, 0.5) is 20.3 Å². The Bertz CT molecular complexity index is 993. The summed E-state index contributed by atoms with van der Waals surface area (Å²) in [4.78, 5) is 21.2. The van der Waals surface area contributed by atoms with Crippen molar-refractivity contribution in [3.05, 3.63) is 77.9 Å². The van der Waals surface area contributed by atoms with Gasteiger partial charge in [-0.25, -0.2) is 13.8 Å². The Labute approximate surface area is 173 Å². The predicted octanol–water partition coefficient (Wildman–Crippen LogP) is 3.92. The van der Waals surface area contributed by atoms with Crippen LogP contribution in [0.1, 0.15) is 22.5 Å². The summed E-state index contributed by atoms with van der Waals surface area (Å²) in [5, 5.41) is 2.59. The van der Waals surface area contributed by atoms with E-state index < -0.39 is 17.5 Å². The lowest BCUT2D eigenvalue weighted by molar-refractivity contribution is 0.102. The fourth-order valence-electron chi connectivity index (χ4n) is 3.50. The number of carbonyl (C=O) groups excluding carboxylic acids is 1. The van der Waals surface area contributed by atoms with Gasteiger partial charge in [0.2, 0.25) is 0 Å². The maximum atomic E-state index is 13.8. The fraction of sp³-hybridized carbons (Fsp3) is 0.273. The molecule has 6 nitrogen and oxygen atoms in total. The summed E-state index contributed by atoms with van der Waals surface area (Å²) in [5.41, 5.74) is 0.228. The normalized spacial score (nSPS) is 15.1. The van der Waals surface area contributed by atoms with E-state index in [2.05, 4.69) is 20.1 Å². The first-order valence-corrected chi connectivity index (χ1v) is 9.80. The SMILES string of the molecule is O=C(Nc1ccc(N2CCCN(Cc3ccco3)CC2)nc1)c1ccc(F)cc1F. The van der Waals surface area contributed by atoms with Crippen molar-refractivity contribution in [2.75, 3.05) is 36.4 Å². The molecule has 0 unspecified atom stereocenters. The Morgan fingerprint density at radius 3 is 2.73 bits per heavy atom. The maximum absolute atomic E-state index is 13.8. The fourth-order valence-corrected chi connectivity index (χ4v) is 3.50. The van der Waals surface area contributed by atoms with Crippen LogP contribution in [-0.4, -0.2) is 42.0 Å². The van der Waals surface area contributed by atoms with Crippen LogP contribution in [0.2, 0.25) is 0 Å². The van der Waals surface area contributed by atoms with E-state index in [9.17, 15) is 13.6 Å². The molecule has 3 heterocycles. The zero-order valence-electron chi connectivity index (χ0n) is 16.4. The molecule has 0 aliphatic carbocycles. The van der Waals surface area contributed by atoms with Gasteiger partial charge in [0.1, 0.15) is 23.2 Å². The van der Waals surface area contributed by atoms with Crippen LogP contribution >= 0.6 is 0 Å². The number of carbonyl (C=O) groups is 1. The van der Waals surface area contributed by atoms with E-state index in [1.54, 1.807) is 18.5 Å². The summed E-state index contributed by atoms with van der Waals surface area (Å²) in [6, 6.07) is 10.3. The first-order valence-electron chi connectivity index (χ1n) is 9.80. The van der Waals surface area contributed by atoms with Gasteiger partial charge in [0.05, 0.1) is 30.3 Å².